The topological polar surface area (TPSA) is 68.3 Å². The molecule has 0 unspecified atom stereocenters. The summed E-state index contributed by atoms with van der Waals surface area (Å²) in [5, 5.41) is 6.54. The number of benzene rings is 1. The Morgan fingerprint density at radius 2 is 2.05 bits per heavy atom. The first-order chi connectivity index (χ1) is 10.4. The lowest BCUT2D eigenvalue weighted by Crippen LogP contribution is -2.25. The molecule has 0 spiro atoms. The number of nitrogens with zero attached hydrogens (tertiary/aromatic N) is 2. The summed E-state index contributed by atoms with van der Waals surface area (Å²) < 4.78 is 11.1. The summed E-state index contributed by atoms with van der Waals surface area (Å²) in [6, 6.07) is 5.76. The smallest absolute Gasteiger partial charge is 0.227 e. The van der Waals surface area contributed by atoms with Crippen molar-refractivity contribution >= 4 is 11.6 Å². The zero-order valence-corrected chi connectivity index (χ0v) is 11.6. The minimum absolute atomic E-state index is 0.582. The van der Waals surface area contributed by atoms with E-state index in [0.717, 1.165) is 42.4 Å². The van der Waals surface area contributed by atoms with Gasteiger partial charge in [-0.1, -0.05) is 0 Å². The Morgan fingerprint density at radius 3 is 3.00 bits per heavy atom. The zero-order valence-electron chi connectivity index (χ0n) is 11.6. The molecule has 1 aromatic carbocycles. The van der Waals surface area contributed by atoms with E-state index in [-0.39, 0.29) is 0 Å². The lowest BCUT2D eigenvalue weighted by atomic mass is 10.1. The molecule has 0 amide bonds. The highest BCUT2D eigenvalue weighted by Crippen LogP contribution is 2.33. The molecule has 0 radical (unpaired) electrons. The van der Waals surface area contributed by atoms with Crippen molar-refractivity contribution in [3.63, 3.8) is 0 Å². The number of rotatable bonds is 2. The van der Waals surface area contributed by atoms with Gasteiger partial charge in [0.15, 0.2) is 11.5 Å². The molecule has 0 bridgehead atoms. The van der Waals surface area contributed by atoms with Crippen molar-refractivity contribution in [1.29, 1.82) is 0 Å². The normalized spacial score (nSPS) is 16.2. The quantitative estimate of drug-likeness (QED) is 0.874. The van der Waals surface area contributed by atoms with E-state index < -0.39 is 0 Å². The highest BCUT2D eigenvalue weighted by Gasteiger charge is 2.14. The number of fused-ring (bicyclic) bond motifs is 2. The summed E-state index contributed by atoms with van der Waals surface area (Å²) in [5.41, 5.74) is 3.19. The highest BCUT2D eigenvalue weighted by molar-refractivity contribution is 5.60. The number of hydrogen-bond acceptors (Lipinski definition) is 6. The summed E-state index contributed by atoms with van der Waals surface area (Å²) in [4.78, 5) is 8.95. The molecule has 2 aromatic rings. The van der Waals surface area contributed by atoms with Crippen LogP contribution in [0.1, 0.15) is 11.3 Å². The number of aromatic nitrogens is 2. The van der Waals surface area contributed by atoms with Crippen LogP contribution in [0.15, 0.2) is 24.4 Å². The maximum absolute atomic E-state index is 5.58. The molecule has 2 N–H and O–H groups in total. The van der Waals surface area contributed by atoms with E-state index in [1.807, 2.05) is 24.4 Å². The number of nitrogens with one attached hydrogen (secondary N) is 2. The third kappa shape index (κ3) is 2.50. The van der Waals surface area contributed by atoms with Crippen molar-refractivity contribution < 1.29 is 9.47 Å². The van der Waals surface area contributed by atoms with Crippen molar-refractivity contribution in [2.45, 2.75) is 13.0 Å². The van der Waals surface area contributed by atoms with Crippen LogP contribution >= 0.6 is 0 Å². The molecule has 0 fully saturated rings. The lowest BCUT2D eigenvalue weighted by molar-refractivity contribution is 0.171. The monoisotopic (exact) mass is 284 g/mol. The lowest BCUT2D eigenvalue weighted by Gasteiger charge is -2.19. The van der Waals surface area contributed by atoms with Gasteiger partial charge in [-0.3, -0.25) is 0 Å². The van der Waals surface area contributed by atoms with E-state index in [2.05, 4.69) is 20.6 Å². The van der Waals surface area contributed by atoms with Crippen LogP contribution in [0.3, 0.4) is 0 Å². The Kier molecular flexibility index (Phi) is 3.08. The van der Waals surface area contributed by atoms with Gasteiger partial charge in [-0.2, -0.15) is 0 Å². The molecular weight excluding hydrogens is 268 g/mol. The van der Waals surface area contributed by atoms with Crippen molar-refractivity contribution in [2.24, 2.45) is 0 Å². The van der Waals surface area contributed by atoms with Gasteiger partial charge in [-0.15, -0.1) is 0 Å². The molecule has 6 nitrogen and oxygen atoms in total. The second-order valence-electron chi connectivity index (χ2n) is 5.08. The maximum Gasteiger partial charge on any atom is 0.227 e. The Morgan fingerprint density at radius 1 is 1.14 bits per heavy atom. The maximum atomic E-state index is 5.58. The number of hydrogen-bond donors (Lipinski definition) is 2. The predicted molar refractivity (Wildman–Crippen MR) is 78.2 cm³/mol. The summed E-state index contributed by atoms with van der Waals surface area (Å²) in [5.74, 6) is 2.16. The summed E-state index contributed by atoms with van der Waals surface area (Å²) >= 11 is 0. The van der Waals surface area contributed by atoms with Crippen LogP contribution in [0.5, 0.6) is 11.5 Å². The molecule has 1 aromatic heterocycles. The molecular formula is C15H16N4O2. The van der Waals surface area contributed by atoms with Gasteiger partial charge in [0, 0.05) is 43.0 Å². The Balaban J connectivity index is 1.58. The molecule has 0 saturated heterocycles. The van der Waals surface area contributed by atoms with Crippen LogP contribution in [0.25, 0.3) is 0 Å². The van der Waals surface area contributed by atoms with Crippen LogP contribution in [0, 0.1) is 0 Å². The number of ether oxygens (including phenoxy) is 2. The minimum atomic E-state index is 0.582. The second-order valence-corrected chi connectivity index (χ2v) is 5.08. The Hall–Kier alpha value is -2.34. The molecule has 2 aliphatic heterocycles. The van der Waals surface area contributed by atoms with E-state index in [0.29, 0.717) is 19.2 Å². The molecule has 2 aliphatic rings. The van der Waals surface area contributed by atoms with Gasteiger partial charge in [0.1, 0.15) is 13.2 Å². The van der Waals surface area contributed by atoms with Crippen LogP contribution in [0.2, 0.25) is 0 Å². The van der Waals surface area contributed by atoms with Crippen LogP contribution in [-0.2, 0) is 13.0 Å². The average Bonchev–Trinajstić information content (AvgIpc) is 2.55. The van der Waals surface area contributed by atoms with E-state index in [1.54, 1.807) is 0 Å². The van der Waals surface area contributed by atoms with Crippen LogP contribution < -0.4 is 20.1 Å². The molecule has 4 rings (SSSR count). The SMILES string of the molecule is c1cc2c(cc1Nc1ncc3c(n1)CCNC3)OCCO2. The molecule has 6 heteroatoms. The van der Waals surface area contributed by atoms with Gasteiger partial charge < -0.3 is 20.1 Å². The van der Waals surface area contributed by atoms with Crippen molar-refractivity contribution in [1.82, 2.24) is 15.3 Å². The van der Waals surface area contributed by atoms with Gasteiger partial charge in [-0.25, -0.2) is 9.97 Å². The summed E-state index contributed by atoms with van der Waals surface area (Å²) in [6.07, 6.45) is 2.82. The fourth-order valence-corrected chi connectivity index (χ4v) is 2.55. The Bertz CT molecular complexity index is 617. The number of anilines is 2. The summed E-state index contributed by atoms with van der Waals surface area (Å²) in [6.45, 7) is 2.99. The molecule has 0 aliphatic carbocycles. The van der Waals surface area contributed by atoms with Gasteiger partial charge >= 0.3 is 0 Å². The highest BCUT2D eigenvalue weighted by atomic mass is 16.6. The van der Waals surface area contributed by atoms with Crippen molar-refractivity contribution in [2.75, 3.05) is 25.1 Å². The first-order valence-electron chi connectivity index (χ1n) is 7.11. The van der Waals surface area contributed by atoms with E-state index in [9.17, 15) is 0 Å². The van der Waals surface area contributed by atoms with Gasteiger partial charge in [0.05, 0.1) is 5.69 Å². The molecule has 0 saturated carbocycles. The minimum Gasteiger partial charge on any atom is -0.486 e. The van der Waals surface area contributed by atoms with Crippen LogP contribution in [0.4, 0.5) is 11.6 Å². The van der Waals surface area contributed by atoms with E-state index in [4.69, 9.17) is 9.47 Å². The largest absolute Gasteiger partial charge is 0.486 e. The fourth-order valence-electron chi connectivity index (χ4n) is 2.55. The predicted octanol–water partition coefficient (Wildman–Crippen LogP) is 1.64. The van der Waals surface area contributed by atoms with Gasteiger partial charge in [0.2, 0.25) is 5.95 Å². The van der Waals surface area contributed by atoms with Crippen molar-refractivity contribution in [3.8, 4) is 11.5 Å². The van der Waals surface area contributed by atoms with Gasteiger partial charge in [0.25, 0.3) is 0 Å². The first kappa shape index (κ1) is 12.4. The fraction of sp³-hybridized carbons (Fsp3) is 0.333. The first-order valence-corrected chi connectivity index (χ1v) is 7.11. The third-order valence-electron chi connectivity index (χ3n) is 3.61. The summed E-state index contributed by atoms with van der Waals surface area (Å²) in [7, 11) is 0. The van der Waals surface area contributed by atoms with E-state index in [1.165, 1.54) is 5.56 Å². The Labute approximate surface area is 122 Å². The third-order valence-corrected chi connectivity index (χ3v) is 3.61. The van der Waals surface area contributed by atoms with E-state index >= 15 is 0 Å². The van der Waals surface area contributed by atoms with Crippen molar-refractivity contribution in [3.05, 3.63) is 35.7 Å². The molecule has 3 heterocycles. The van der Waals surface area contributed by atoms with Gasteiger partial charge in [-0.05, 0) is 12.1 Å². The molecule has 108 valence electrons. The molecule has 0 atom stereocenters. The average molecular weight is 284 g/mol. The standard InChI is InChI=1S/C15H16N4O2/c1-2-13-14(21-6-5-20-13)7-11(1)18-15-17-9-10-8-16-4-3-12(10)19-15/h1-2,7,9,16H,3-6,8H2,(H,17,18,19). The second kappa shape index (κ2) is 5.21. The zero-order chi connectivity index (χ0) is 14.1. The van der Waals surface area contributed by atoms with Crippen LogP contribution in [-0.4, -0.2) is 29.7 Å². The molecule has 21 heavy (non-hydrogen) atoms.